The van der Waals surface area contributed by atoms with Gasteiger partial charge >= 0.3 is 18.4 Å². The molecule has 18 heteroatoms. The van der Waals surface area contributed by atoms with Gasteiger partial charge in [0.25, 0.3) is 15.6 Å². The van der Waals surface area contributed by atoms with Crippen molar-refractivity contribution >= 4 is 27.7 Å². The molecule has 2 aromatic carbocycles. The van der Waals surface area contributed by atoms with Crippen LogP contribution in [0.4, 0.5) is 41.2 Å². The second kappa shape index (κ2) is 12.3. The second-order valence-corrected chi connectivity index (χ2v) is 12.5. The number of likely N-dealkylation sites (tertiary alicyclic amines) is 1. The third-order valence-corrected chi connectivity index (χ3v) is 9.71. The number of carbonyl (C=O) groups excluding carboxylic acids is 2. The summed E-state index contributed by atoms with van der Waals surface area (Å²) in [5.41, 5.74) is -7.45. The van der Waals surface area contributed by atoms with Crippen LogP contribution in [0.3, 0.4) is 0 Å². The van der Waals surface area contributed by atoms with E-state index >= 15 is 0 Å². The van der Waals surface area contributed by atoms with Crippen LogP contribution in [-0.4, -0.2) is 86.3 Å². The molecule has 3 atom stereocenters. The Morgan fingerprint density at radius 2 is 1.64 bits per heavy atom. The summed E-state index contributed by atoms with van der Waals surface area (Å²) in [6, 6.07) is 2.81. The van der Waals surface area contributed by atoms with E-state index in [1.165, 1.54) is 4.90 Å². The van der Waals surface area contributed by atoms with E-state index in [0.717, 1.165) is 31.4 Å². The van der Waals surface area contributed by atoms with Gasteiger partial charge in [0, 0.05) is 25.1 Å². The molecule has 1 saturated heterocycles. The lowest BCUT2D eigenvalue weighted by atomic mass is 9.87. The number of carbonyl (C=O) groups is 2. The SMILES string of the molecule is COC(=O)N[C@H]1CN(C(=O)C[C@@H]2CCc3cc(C(O)(C(F)(F)F)C(F)(F)F)ccc3N2S(=O)(=O)c2ccc(F)cc2)CC[C@H]1O. The first-order valence-corrected chi connectivity index (χ1v) is 14.8. The van der Waals surface area contributed by atoms with Gasteiger partial charge in [-0.05, 0) is 55.2 Å². The topological polar surface area (TPSA) is 136 Å². The van der Waals surface area contributed by atoms with Crippen LogP contribution in [0.5, 0.6) is 0 Å². The van der Waals surface area contributed by atoms with Crippen molar-refractivity contribution in [2.75, 3.05) is 24.5 Å². The van der Waals surface area contributed by atoms with Crippen LogP contribution in [0.25, 0.3) is 0 Å². The number of aliphatic hydroxyl groups excluding tert-OH is 1. The molecule has 2 aliphatic rings. The molecule has 0 radical (unpaired) electrons. The van der Waals surface area contributed by atoms with Gasteiger partial charge in [-0.3, -0.25) is 9.10 Å². The van der Waals surface area contributed by atoms with Gasteiger partial charge in [-0.15, -0.1) is 0 Å². The molecule has 0 aromatic heterocycles. The lowest BCUT2D eigenvalue weighted by Crippen LogP contribution is -2.57. The van der Waals surface area contributed by atoms with Crippen molar-refractivity contribution in [2.45, 2.75) is 66.7 Å². The molecule has 2 heterocycles. The molecule has 45 heavy (non-hydrogen) atoms. The zero-order valence-corrected chi connectivity index (χ0v) is 24.2. The highest BCUT2D eigenvalue weighted by atomic mass is 32.2. The lowest BCUT2D eigenvalue weighted by molar-refractivity contribution is -0.376. The van der Waals surface area contributed by atoms with E-state index in [1.54, 1.807) is 0 Å². The Hall–Kier alpha value is -3.64. The summed E-state index contributed by atoms with van der Waals surface area (Å²) >= 11 is 0. The second-order valence-electron chi connectivity index (χ2n) is 10.6. The van der Waals surface area contributed by atoms with Crippen molar-refractivity contribution in [1.82, 2.24) is 10.2 Å². The average molecular weight is 672 g/mol. The number of alkyl halides is 6. The van der Waals surface area contributed by atoms with Crippen LogP contribution in [-0.2, 0) is 31.6 Å². The Bertz CT molecular complexity index is 1520. The third kappa shape index (κ3) is 6.53. The van der Waals surface area contributed by atoms with E-state index < -0.39 is 80.9 Å². The minimum absolute atomic E-state index is 0.0319. The van der Waals surface area contributed by atoms with Crippen molar-refractivity contribution in [3.63, 3.8) is 0 Å². The van der Waals surface area contributed by atoms with E-state index in [2.05, 4.69) is 10.1 Å². The number of hydrogen-bond donors (Lipinski definition) is 3. The summed E-state index contributed by atoms with van der Waals surface area (Å²) in [6.45, 7) is -0.135. The van der Waals surface area contributed by atoms with Gasteiger partial charge in [0.15, 0.2) is 0 Å². The fourth-order valence-corrected chi connectivity index (χ4v) is 7.15. The summed E-state index contributed by atoms with van der Waals surface area (Å²) in [4.78, 5) is 25.8. The smallest absolute Gasteiger partial charge is 0.430 e. The number of piperidine rings is 1. The summed E-state index contributed by atoms with van der Waals surface area (Å²) in [6.07, 6.45) is -15.2. The van der Waals surface area contributed by atoms with Gasteiger partial charge in [-0.1, -0.05) is 12.1 Å². The monoisotopic (exact) mass is 671 g/mol. The largest absolute Gasteiger partial charge is 0.453 e. The first-order valence-electron chi connectivity index (χ1n) is 13.4. The fraction of sp³-hybridized carbons (Fsp3) is 0.481. The maximum Gasteiger partial charge on any atom is 0.430 e. The van der Waals surface area contributed by atoms with Gasteiger partial charge in [0.1, 0.15) is 5.82 Å². The number of aliphatic hydroxyl groups is 2. The third-order valence-electron chi connectivity index (χ3n) is 7.83. The molecule has 1 fully saturated rings. The Morgan fingerprint density at radius 1 is 1.02 bits per heavy atom. The van der Waals surface area contributed by atoms with Crippen LogP contribution in [0, 0.1) is 5.82 Å². The van der Waals surface area contributed by atoms with Crippen LogP contribution < -0.4 is 9.62 Å². The van der Waals surface area contributed by atoms with Crippen molar-refractivity contribution < 1.29 is 63.7 Å². The molecule has 0 bridgehead atoms. The number of sulfonamides is 1. The Morgan fingerprint density at radius 3 is 2.22 bits per heavy atom. The number of benzene rings is 2. The number of ether oxygens (including phenoxy) is 1. The van der Waals surface area contributed by atoms with Crippen molar-refractivity contribution in [1.29, 1.82) is 0 Å². The molecule has 2 aromatic rings. The quantitative estimate of drug-likeness (QED) is 0.401. The van der Waals surface area contributed by atoms with E-state index in [1.807, 2.05) is 0 Å². The van der Waals surface area contributed by atoms with Gasteiger partial charge in [-0.2, -0.15) is 26.3 Å². The van der Waals surface area contributed by atoms with E-state index in [4.69, 9.17) is 0 Å². The summed E-state index contributed by atoms with van der Waals surface area (Å²) in [7, 11) is -3.59. The number of aryl methyl sites for hydroxylation is 1. The zero-order valence-electron chi connectivity index (χ0n) is 23.4. The summed E-state index contributed by atoms with van der Waals surface area (Å²) in [5, 5.41) is 22.5. The first-order chi connectivity index (χ1) is 20.8. The standard InChI is InChI=1S/C27H28F7N3O7S/c1-44-24(40)35-20-14-36(11-10-22(20)38)23(39)13-18-6-2-15-12-16(25(41,26(29,30)31)27(32,33)34)3-9-21(15)37(18)45(42,43)19-7-4-17(28)5-8-19/h3-5,7-9,12,18,20,22,38,41H,2,6,10-11,13-14H2,1H3,(H,35,40)/t18-,20-,22+/m0/s1. The Balaban J connectivity index is 1.73. The predicted octanol–water partition coefficient (Wildman–Crippen LogP) is 3.36. The number of nitrogens with one attached hydrogen (secondary N) is 1. The van der Waals surface area contributed by atoms with Crippen molar-refractivity contribution in [3.8, 4) is 0 Å². The van der Waals surface area contributed by atoms with Crippen LogP contribution in [0.1, 0.15) is 30.4 Å². The van der Waals surface area contributed by atoms with Gasteiger partial charge < -0.3 is 25.2 Å². The Labute approximate surface area is 252 Å². The molecular formula is C27H28F7N3O7S. The van der Waals surface area contributed by atoms with Crippen LogP contribution in [0.15, 0.2) is 47.4 Å². The van der Waals surface area contributed by atoms with Crippen molar-refractivity contribution in [3.05, 3.63) is 59.4 Å². The van der Waals surface area contributed by atoms with Gasteiger partial charge in [0.05, 0.1) is 35.9 Å². The highest BCUT2D eigenvalue weighted by molar-refractivity contribution is 7.92. The number of alkyl carbamates (subject to hydrolysis) is 1. The normalized spacial score (nSPS) is 21.2. The minimum Gasteiger partial charge on any atom is -0.453 e. The maximum atomic E-state index is 13.9. The van der Waals surface area contributed by atoms with E-state index in [-0.39, 0.29) is 43.6 Å². The number of anilines is 1. The van der Waals surface area contributed by atoms with Gasteiger partial charge in [-0.25, -0.2) is 17.6 Å². The first kappa shape index (κ1) is 34.2. The molecule has 2 amide bonds. The molecule has 0 saturated carbocycles. The van der Waals surface area contributed by atoms with Crippen LogP contribution >= 0.6 is 0 Å². The van der Waals surface area contributed by atoms with Crippen LogP contribution in [0.2, 0.25) is 0 Å². The molecule has 2 aliphatic heterocycles. The molecule has 0 spiro atoms. The highest BCUT2D eigenvalue weighted by Crippen LogP contribution is 2.51. The minimum atomic E-state index is -6.18. The fourth-order valence-electron chi connectivity index (χ4n) is 5.43. The Kier molecular flexibility index (Phi) is 9.34. The molecule has 4 rings (SSSR count). The van der Waals surface area contributed by atoms with Crippen molar-refractivity contribution in [2.24, 2.45) is 0 Å². The zero-order chi connectivity index (χ0) is 33.5. The summed E-state index contributed by atoms with van der Waals surface area (Å²) < 4.78 is 128. The molecule has 0 unspecified atom stereocenters. The number of methoxy groups -OCH3 is 1. The molecule has 0 aliphatic carbocycles. The number of rotatable bonds is 6. The number of hydrogen-bond acceptors (Lipinski definition) is 7. The molecule has 10 nitrogen and oxygen atoms in total. The molecule has 248 valence electrons. The van der Waals surface area contributed by atoms with E-state index in [9.17, 15) is 59.0 Å². The number of amides is 2. The summed E-state index contributed by atoms with van der Waals surface area (Å²) in [5.74, 6) is -1.41. The predicted molar refractivity (Wildman–Crippen MR) is 142 cm³/mol. The average Bonchev–Trinajstić information content (AvgIpc) is 2.96. The molecule has 3 N–H and O–H groups in total. The molecular weight excluding hydrogens is 643 g/mol. The van der Waals surface area contributed by atoms with Gasteiger partial charge in [0.2, 0.25) is 5.91 Å². The number of halogens is 7. The number of nitrogens with zero attached hydrogens (tertiary/aromatic N) is 2. The maximum absolute atomic E-state index is 13.9. The number of fused-ring (bicyclic) bond motifs is 1. The van der Waals surface area contributed by atoms with E-state index in [0.29, 0.717) is 22.5 Å². The lowest BCUT2D eigenvalue weighted by Gasteiger charge is -2.41. The highest BCUT2D eigenvalue weighted by Gasteiger charge is 2.71.